The van der Waals surface area contributed by atoms with Crippen LogP contribution in [-0.2, 0) is 16.1 Å². The number of nitrogens with one attached hydrogen (secondary N) is 2. The van der Waals surface area contributed by atoms with Crippen LogP contribution in [0, 0.1) is 0 Å². The number of hydrogen-bond acceptors (Lipinski definition) is 4. The third-order valence-electron chi connectivity index (χ3n) is 3.16. The van der Waals surface area contributed by atoms with Crippen LogP contribution in [0.1, 0.15) is 12.8 Å². The van der Waals surface area contributed by atoms with E-state index in [1.807, 2.05) is 0 Å². The summed E-state index contributed by atoms with van der Waals surface area (Å²) in [5.41, 5.74) is 0.531. The van der Waals surface area contributed by atoms with Crippen LogP contribution in [0.5, 0.6) is 0 Å². The Kier molecular flexibility index (Phi) is 4.70. The minimum absolute atomic E-state index is 0.0468. The van der Waals surface area contributed by atoms with Gasteiger partial charge in [0.15, 0.2) is 0 Å². The van der Waals surface area contributed by atoms with E-state index in [4.69, 9.17) is 4.74 Å². The Bertz CT molecular complexity index is 492. The molecule has 1 saturated heterocycles. The van der Waals surface area contributed by atoms with Crippen molar-refractivity contribution in [1.82, 2.24) is 9.88 Å². The van der Waals surface area contributed by atoms with Crippen LogP contribution >= 0.6 is 0 Å². The molecule has 2 N–H and O–H groups in total. The molecule has 0 saturated carbocycles. The van der Waals surface area contributed by atoms with Gasteiger partial charge in [0.1, 0.15) is 0 Å². The Labute approximate surface area is 111 Å². The fourth-order valence-corrected chi connectivity index (χ4v) is 2.11. The average molecular weight is 265 g/mol. The van der Waals surface area contributed by atoms with Crippen molar-refractivity contribution in [2.24, 2.45) is 0 Å². The summed E-state index contributed by atoms with van der Waals surface area (Å²) in [7, 11) is 1.59. The van der Waals surface area contributed by atoms with Gasteiger partial charge in [-0.05, 0) is 25.5 Å². The highest BCUT2D eigenvalue weighted by Crippen LogP contribution is 2.09. The van der Waals surface area contributed by atoms with Gasteiger partial charge in [0.25, 0.3) is 5.56 Å². The van der Waals surface area contributed by atoms with Crippen molar-refractivity contribution in [2.75, 3.05) is 25.6 Å². The smallest absolute Gasteiger partial charge is 0.250 e. The van der Waals surface area contributed by atoms with Crippen molar-refractivity contribution in [1.29, 1.82) is 0 Å². The minimum Gasteiger partial charge on any atom is -0.383 e. The second-order valence-corrected chi connectivity index (χ2v) is 4.58. The van der Waals surface area contributed by atoms with Gasteiger partial charge in [-0.2, -0.15) is 0 Å². The maximum Gasteiger partial charge on any atom is 0.250 e. The Morgan fingerprint density at radius 3 is 3.11 bits per heavy atom. The number of carbonyl (C=O) groups is 1. The van der Waals surface area contributed by atoms with Crippen molar-refractivity contribution < 1.29 is 9.53 Å². The molecule has 0 aliphatic carbocycles. The van der Waals surface area contributed by atoms with E-state index in [0.29, 0.717) is 18.8 Å². The van der Waals surface area contributed by atoms with E-state index >= 15 is 0 Å². The van der Waals surface area contributed by atoms with Gasteiger partial charge in [-0.3, -0.25) is 9.59 Å². The molecule has 0 bridgehead atoms. The number of ether oxygens (including phenoxy) is 1. The summed E-state index contributed by atoms with van der Waals surface area (Å²) in [6.07, 6.45) is 3.52. The largest absolute Gasteiger partial charge is 0.383 e. The zero-order chi connectivity index (χ0) is 13.7. The molecule has 1 amide bonds. The predicted molar refractivity (Wildman–Crippen MR) is 72.2 cm³/mol. The summed E-state index contributed by atoms with van der Waals surface area (Å²) in [4.78, 5) is 23.5. The van der Waals surface area contributed by atoms with Gasteiger partial charge >= 0.3 is 0 Å². The van der Waals surface area contributed by atoms with Gasteiger partial charge in [-0.15, -0.1) is 0 Å². The molecule has 1 atom stereocenters. The fraction of sp³-hybridized carbons (Fsp3) is 0.538. The molecule has 1 fully saturated rings. The molecule has 1 aromatic heterocycles. The molecule has 1 aliphatic heterocycles. The lowest BCUT2D eigenvalue weighted by Crippen LogP contribution is -2.35. The molecule has 2 rings (SSSR count). The SMILES string of the molecule is COCCn1cc(NC(=O)[C@@H]2CCCN2)ccc1=O. The molecular weight excluding hydrogens is 246 g/mol. The first-order chi connectivity index (χ1) is 9.20. The van der Waals surface area contributed by atoms with Gasteiger partial charge < -0.3 is 19.9 Å². The highest BCUT2D eigenvalue weighted by Gasteiger charge is 2.21. The number of hydrogen-bond donors (Lipinski definition) is 2. The summed E-state index contributed by atoms with van der Waals surface area (Å²) in [5.74, 6) is -0.0468. The molecule has 6 nitrogen and oxygen atoms in total. The minimum atomic E-state index is -0.126. The number of rotatable bonds is 5. The van der Waals surface area contributed by atoms with Gasteiger partial charge in [-0.25, -0.2) is 0 Å². The van der Waals surface area contributed by atoms with E-state index < -0.39 is 0 Å². The predicted octanol–water partition coefficient (Wildman–Crippen LogP) is 0.185. The number of anilines is 1. The van der Waals surface area contributed by atoms with Crippen LogP contribution in [-0.4, -0.2) is 36.8 Å². The van der Waals surface area contributed by atoms with Crippen molar-refractivity contribution in [3.63, 3.8) is 0 Å². The highest BCUT2D eigenvalue weighted by molar-refractivity contribution is 5.94. The lowest BCUT2D eigenvalue weighted by atomic mass is 10.2. The zero-order valence-corrected chi connectivity index (χ0v) is 11.0. The van der Waals surface area contributed by atoms with Crippen LogP contribution in [0.4, 0.5) is 5.69 Å². The lowest BCUT2D eigenvalue weighted by molar-refractivity contribution is -0.117. The van der Waals surface area contributed by atoms with Gasteiger partial charge in [0.05, 0.1) is 18.3 Å². The Morgan fingerprint density at radius 2 is 2.42 bits per heavy atom. The number of methoxy groups -OCH3 is 1. The van der Waals surface area contributed by atoms with E-state index in [0.717, 1.165) is 19.4 Å². The summed E-state index contributed by atoms with van der Waals surface area (Å²) < 4.78 is 6.47. The van der Waals surface area contributed by atoms with E-state index in [1.54, 1.807) is 19.4 Å². The maximum absolute atomic E-state index is 11.9. The molecule has 0 unspecified atom stereocenters. The lowest BCUT2D eigenvalue weighted by Gasteiger charge is -2.12. The summed E-state index contributed by atoms with van der Waals surface area (Å²) in [6, 6.07) is 2.95. The first-order valence-corrected chi connectivity index (χ1v) is 6.44. The number of pyridine rings is 1. The van der Waals surface area contributed by atoms with Crippen molar-refractivity contribution in [3.05, 3.63) is 28.7 Å². The second kappa shape index (κ2) is 6.49. The molecule has 1 aromatic rings. The first-order valence-electron chi connectivity index (χ1n) is 6.44. The highest BCUT2D eigenvalue weighted by atomic mass is 16.5. The van der Waals surface area contributed by atoms with Crippen LogP contribution in [0.3, 0.4) is 0 Å². The molecule has 19 heavy (non-hydrogen) atoms. The normalized spacial score (nSPS) is 18.5. The second-order valence-electron chi connectivity index (χ2n) is 4.58. The van der Waals surface area contributed by atoms with E-state index in [-0.39, 0.29) is 17.5 Å². The number of nitrogens with zero attached hydrogens (tertiary/aromatic N) is 1. The first kappa shape index (κ1) is 13.8. The van der Waals surface area contributed by atoms with E-state index in [1.165, 1.54) is 10.6 Å². The van der Waals surface area contributed by atoms with Crippen molar-refractivity contribution in [2.45, 2.75) is 25.4 Å². The Balaban J connectivity index is 2.03. The van der Waals surface area contributed by atoms with E-state index in [9.17, 15) is 9.59 Å². The average Bonchev–Trinajstić information content (AvgIpc) is 2.93. The molecule has 2 heterocycles. The number of carbonyl (C=O) groups excluding carboxylic acids is 1. The van der Waals surface area contributed by atoms with Crippen LogP contribution in [0.2, 0.25) is 0 Å². The van der Waals surface area contributed by atoms with Gasteiger partial charge in [0.2, 0.25) is 5.91 Å². The quantitative estimate of drug-likeness (QED) is 0.797. The summed E-state index contributed by atoms with van der Waals surface area (Å²) >= 11 is 0. The van der Waals surface area contributed by atoms with Gasteiger partial charge in [0, 0.05) is 25.9 Å². The van der Waals surface area contributed by atoms with Crippen molar-refractivity contribution >= 4 is 11.6 Å². The molecule has 0 spiro atoms. The van der Waals surface area contributed by atoms with Gasteiger partial charge in [-0.1, -0.05) is 0 Å². The summed E-state index contributed by atoms with van der Waals surface area (Å²) in [5, 5.41) is 5.96. The Morgan fingerprint density at radius 1 is 1.58 bits per heavy atom. The van der Waals surface area contributed by atoms with E-state index in [2.05, 4.69) is 10.6 Å². The molecule has 6 heteroatoms. The molecular formula is C13H19N3O3. The summed E-state index contributed by atoms with van der Waals surface area (Å²) in [6.45, 7) is 1.81. The van der Waals surface area contributed by atoms with Crippen LogP contribution < -0.4 is 16.2 Å². The Hall–Kier alpha value is -1.66. The topological polar surface area (TPSA) is 72.4 Å². The van der Waals surface area contributed by atoms with Crippen LogP contribution in [0.15, 0.2) is 23.1 Å². The fourth-order valence-electron chi connectivity index (χ4n) is 2.11. The molecule has 1 aliphatic rings. The molecule has 104 valence electrons. The number of amides is 1. The zero-order valence-electron chi connectivity index (χ0n) is 11.0. The van der Waals surface area contributed by atoms with Crippen LogP contribution in [0.25, 0.3) is 0 Å². The number of aromatic nitrogens is 1. The standard InChI is InChI=1S/C13H19N3O3/c1-19-8-7-16-9-10(4-5-12(16)17)15-13(18)11-3-2-6-14-11/h4-5,9,11,14H,2-3,6-8H2,1H3,(H,15,18)/t11-/m0/s1. The monoisotopic (exact) mass is 265 g/mol. The maximum atomic E-state index is 11.9. The molecule has 0 aromatic carbocycles. The van der Waals surface area contributed by atoms with Crippen molar-refractivity contribution in [3.8, 4) is 0 Å². The molecule has 0 radical (unpaired) electrons. The third kappa shape index (κ3) is 3.65. The third-order valence-corrected chi connectivity index (χ3v) is 3.16.